The Bertz CT molecular complexity index is 783. The summed E-state index contributed by atoms with van der Waals surface area (Å²) < 4.78 is 32.3. The Kier molecular flexibility index (Phi) is 27.7. The lowest BCUT2D eigenvalue weighted by molar-refractivity contribution is -0.130. The predicted octanol–water partition coefficient (Wildman–Crippen LogP) is 8.21. The minimum absolute atomic E-state index is 0.274. The van der Waals surface area contributed by atoms with E-state index in [1.54, 1.807) is 6.08 Å². The summed E-state index contributed by atoms with van der Waals surface area (Å²) in [6, 6.07) is -1.23. The van der Waals surface area contributed by atoms with Crippen molar-refractivity contribution in [3.63, 3.8) is 0 Å². The third-order valence-electron chi connectivity index (χ3n) is 7.73. The third kappa shape index (κ3) is 27.6. The first-order chi connectivity index (χ1) is 20.2. The van der Waals surface area contributed by atoms with E-state index in [9.17, 15) is 28.0 Å². The molecule has 1 amide bonds. The van der Waals surface area contributed by atoms with E-state index in [0.29, 0.717) is 6.42 Å². The van der Waals surface area contributed by atoms with Crippen LogP contribution in [0.25, 0.3) is 0 Å². The second-order valence-corrected chi connectivity index (χ2v) is 13.4. The summed E-state index contributed by atoms with van der Waals surface area (Å²) in [5, 5.41) is 23.2. The van der Waals surface area contributed by atoms with Gasteiger partial charge in [0, 0.05) is 0 Å². The maximum atomic E-state index is 12.5. The first kappa shape index (κ1) is 40.8. The predicted molar refractivity (Wildman–Crippen MR) is 176 cm³/mol. The first-order valence-electron chi connectivity index (χ1n) is 17.1. The fourth-order valence-corrected chi connectivity index (χ4v) is 5.77. The van der Waals surface area contributed by atoms with Gasteiger partial charge in [0.25, 0.3) is 10.1 Å². The van der Waals surface area contributed by atoms with E-state index in [1.165, 1.54) is 96.0 Å². The van der Waals surface area contributed by atoms with Crippen molar-refractivity contribution in [3.8, 4) is 0 Å². The molecule has 0 aromatic heterocycles. The maximum Gasteiger partial charge on any atom is 0.267 e. The van der Waals surface area contributed by atoms with Crippen molar-refractivity contribution in [2.75, 3.05) is 5.75 Å². The quantitative estimate of drug-likeness (QED) is 0.0367. The van der Waals surface area contributed by atoms with Gasteiger partial charge in [-0.3, -0.25) is 9.35 Å². The van der Waals surface area contributed by atoms with E-state index in [1.807, 2.05) is 0 Å². The second-order valence-electron chi connectivity index (χ2n) is 11.9. The van der Waals surface area contributed by atoms with Gasteiger partial charge >= 0.3 is 0 Å². The summed E-state index contributed by atoms with van der Waals surface area (Å²) in [7, 11) is -4.43. The SMILES string of the molecule is CCCCCC/C=C\CCCCCCCCC(O)C(=O)NC(CS(=O)(=O)O)C(O)/C=C/CCCCCCCCCCC. The molecule has 0 heterocycles. The zero-order valence-electron chi connectivity index (χ0n) is 27.0. The van der Waals surface area contributed by atoms with Crippen LogP contribution in [0, 0.1) is 0 Å². The molecule has 4 N–H and O–H groups in total. The molecule has 0 fully saturated rings. The first-order valence-corrected chi connectivity index (χ1v) is 18.8. The summed E-state index contributed by atoms with van der Waals surface area (Å²) in [5.74, 6) is -1.54. The fraction of sp³-hybridized carbons (Fsp3) is 0.853. The van der Waals surface area contributed by atoms with Crippen LogP contribution in [-0.4, -0.2) is 53.1 Å². The zero-order valence-corrected chi connectivity index (χ0v) is 27.8. The number of amides is 1. The highest BCUT2D eigenvalue weighted by Gasteiger charge is 2.27. The Morgan fingerprint density at radius 2 is 1.05 bits per heavy atom. The summed E-state index contributed by atoms with van der Waals surface area (Å²) in [5.41, 5.74) is 0. The average molecular weight is 616 g/mol. The van der Waals surface area contributed by atoms with Gasteiger partial charge < -0.3 is 15.5 Å². The number of allylic oxidation sites excluding steroid dienone is 3. The number of carbonyl (C=O) groups excluding carboxylic acids is 1. The molecule has 42 heavy (non-hydrogen) atoms. The molecule has 0 radical (unpaired) electrons. The number of carbonyl (C=O) groups is 1. The van der Waals surface area contributed by atoms with Gasteiger partial charge in [0.2, 0.25) is 5.91 Å². The number of hydrogen-bond donors (Lipinski definition) is 4. The summed E-state index contributed by atoms with van der Waals surface area (Å²) in [4.78, 5) is 12.5. The number of rotatable bonds is 30. The fourth-order valence-electron chi connectivity index (χ4n) is 5.04. The maximum absolute atomic E-state index is 12.5. The topological polar surface area (TPSA) is 124 Å². The molecule has 0 aliphatic carbocycles. The number of unbranched alkanes of at least 4 members (excludes halogenated alkanes) is 19. The highest BCUT2D eigenvalue weighted by Crippen LogP contribution is 2.13. The third-order valence-corrected chi connectivity index (χ3v) is 8.51. The van der Waals surface area contributed by atoms with Gasteiger partial charge in [0.05, 0.1) is 17.9 Å². The van der Waals surface area contributed by atoms with E-state index in [0.717, 1.165) is 44.9 Å². The Labute approximate surface area is 258 Å². The van der Waals surface area contributed by atoms with E-state index >= 15 is 0 Å². The number of hydrogen-bond acceptors (Lipinski definition) is 5. The molecule has 0 aromatic rings. The molecule has 8 heteroatoms. The van der Waals surface area contributed by atoms with Crippen LogP contribution < -0.4 is 5.32 Å². The monoisotopic (exact) mass is 615 g/mol. The van der Waals surface area contributed by atoms with Gasteiger partial charge in [0.15, 0.2) is 0 Å². The number of aliphatic hydroxyl groups is 2. The van der Waals surface area contributed by atoms with Crippen molar-refractivity contribution < 1.29 is 28.0 Å². The molecule has 0 rings (SSSR count). The zero-order chi connectivity index (χ0) is 31.3. The van der Waals surface area contributed by atoms with Gasteiger partial charge in [-0.05, 0) is 44.9 Å². The molecule has 0 aromatic carbocycles. The van der Waals surface area contributed by atoms with Gasteiger partial charge in [0.1, 0.15) is 6.10 Å². The molecule has 248 valence electrons. The summed E-state index contributed by atoms with van der Waals surface area (Å²) in [6.45, 7) is 4.44. The molecule has 3 atom stereocenters. The normalized spacial score (nSPS) is 14.5. The van der Waals surface area contributed by atoms with E-state index in [4.69, 9.17) is 0 Å². The van der Waals surface area contributed by atoms with Crippen LogP contribution in [0.3, 0.4) is 0 Å². The van der Waals surface area contributed by atoms with Crippen LogP contribution in [0.15, 0.2) is 24.3 Å². The molecule has 0 saturated heterocycles. The highest BCUT2D eigenvalue weighted by atomic mass is 32.2. The van der Waals surface area contributed by atoms with E-state index < -0.39 is 40.0 Å². The molecule has 3 unspecified atom stereocenters. The number of aliphatic hydroxyl groups excluding tert-OH is 2. The van der Waals surface area contributed by atoms with Crippen molar-refractivity contribution >= 4 is 16.0 Å². The molecule has 0 aliphatic rings. The van der Waals surface area contributed by atoms with Crippen LogP contribution in [0.4, 0.5) is 0 Å². The van der Waals surface area contributed by atoms with Crippen LogP contribution in [0.1, 0.15) is 162 Å². The van der Waals surface area contributed by atoms with Crippen molar-refractivity contribution in [3.05, 3.63) is 24.3 Å². The van der Waals surface area contributed by atoms with E-state index in [-0.39, 0.29) is 6.42 Å². The Morgan fingerprint density at radius 1 is 0.643 bits per heavy atom. The molecule has 0 aliphatic heterocycles. The van der Waals surface area contributed by atoms with Crippen LogP contribution >= 0.6 is 0 Å². The van der Waals surface area contributed by atoms with Gasteiger partial charge in [-0.25, -0.2) is 0 Å². The van der Waals surface area contributed by atoms with Crippen LogP contribution in [-0.2, 0) is 14.9 Å². The van der Waals surface area contributed by atoms with Gasteiger partial charge in [-0.15, -0.1) is 0 Å². The Morgan fingerprint density at radius 3 is 1.52 bits per heavy atom. The van der Waals surface area contributed by atoms with Crippen molar-refractivity contribution in [2.45, 2.75) is 180 Å². The second kappa shape index (κ2) is 28.5. The number of nitrogens with one attached hydrogen (secondary N) is 1. The minimum atomic E-state index is -4.43. The standard InChI is InChI=1S/C34H65NO6S/c1-3-5-7-9-11-13-15-16-17-19-21-23-25-27-29-33(37)34(38)35-31(30-42(39,40)41)32(36)28-26-24-22-20-18-14-12-10-8-6-4-2/h13,15,26,28,31-33,36-37H,3-12,14,16-25,27,29-30H2,1-2H3,(H,35,38)(H,39,40,41)/b15-13-,28-26+. The van der Waals surface area contributed by atoms with Crippen LogP contribution in [0.2, 0.25) is 0 Å². The smallest absolute Gasteiger partial charge is 0.267 e. The lowest BCUT2D eigenvalue weighted by Crippen LogP contribution is -2.50. The van der Waals surface area contributed by atoms with Crippen molar-refractivity contribution in [1.82, 2.24) is 5.32 Å². The Hall–Kier alpha value is -1.22. The molecule has 0 saturated carbocycles. The van der Waals surface area contributed by atoms with Crippen molar-refractivity contribution in [2.24, 2.45) is 0 Å². The van der Waals surface area contributed by atoms with Crippen LogP contribution in [0.5, 0.6) is 0 Å². The molecule has 7 nitrogen and oxygen atoms in total. The summed E-state index contributed by atoms with van der Waals surface area (Å²) >= 11 is 0. The lowest BCUT2D eigenvalue weighted by atomic mass is 10.0. The molecule has 0 bridgehead atoms. The van der Waals surface area contributed by atoms with Gasteiger partial charge in [-0.2, -0.15) is 8.42 Å². The Balaban J connectivity index is 4.17. The molecular weight excluding hydrogens is 550 g/mol. The van der Waals surface area contributed by atoms with Gasteiger partial charge in [-0.1, -0.05) is 141 Å². The highest BCUT2D eigenvalue weighted by molar-refractivity contribution is 7.85. The van der Waals surface area contributed by atoms with E-state index in [2.05, 4.69) is 31.3 Å². The minimum Gasteiger partial charge on any atom is -0.387 e. The van der Waals surface area contributed by atoms with Crippen molar-refractivity contribution in [1.29, 1.82) is 0 Å². The largest absolute Gasteiger partial charge is 0.387 e. The molecule has 0 spiro atoms. The lowest BCUT2D eigenvalue weighted by Gasteiger charge is -2.22. The summed E-state index contributed by atoms with van der Waals surface area (Å²) in [6.07, 6.45) is 30.9. The average Bonchev–Trinajstić information content (AvgIpc) is 2.94. The molecular formula is C34H65NO6S.